The second-order valence-corrected chi connectivity index (χ2v) is 13.5. The third-order valence-electron chi connectivity index (χ3n) is 8.18. The average Bonchev–Trinajstić information content (AvgIpc) is 2.51. The van der Waals surface area contributed by atoms with Crippen LogP contribution in [0.5, 0.6) is 0 Å². The van der Waals surface area contributed by atoms with E-state index in [9.17, 15) is 5.11 Å². The van der Waals surface area contributed by atoms with E-state index in [1.165, 1.54) is 0 Å². The average molecular weight is 399 g/mol. The van der Waals surface area contributed by atoms with Crippen LogP contribution in [0.15, 0.2) is 36.4 Å². The van der Waals surface area contributed by atoms with E-state index in [2.05, 4.69) is 119 Å². The molecule has 0 spiro atoms. The van der Waals surface area contributed by atoms with Gasteiger partial charge in [-0.15, -0.1) is 0 Å². The van der Waals surface area contributed by atoms with E-state index >= 15 is 0 Å². The Morgan fingerprint density at radius 3 is 1.45 bits per heavy atom. The molecule has 0 heterocycles. The van der Waals surface area contributed by atoms with E-state index in [1.807, 2.05) is 0 Å². The fourth-order valence-electron chi connectivity index (χ4n) is 6.63. The molecule has 0 saturated heterocycles. The highest BCUT2D eigenvalue weighted by Crippen LogP contribution is 2.70. The van der Waals surface area contributed by atoms with Crippen LogP contribution in [0.3, 0.4) is 0 Å². The Hall–Kier alpha value is -1.08. The summed E-state index contributed by atoms with van der Waals surface area (Å²) in [6.07, 6.45) is 2.92. The van der Waals surface area contributed by atoms with Gasteiger partial charge in [-0.2, -0.15) is 0 Å². The van der Waals surface area contributed by atoms with Gasteiger partial charge in [0.2, 0.25) is 0 Å². The molecule has 0 aliphatic heterocycles. The molecule has 1 heteroatoms. The van der Waals surface area contributed by atoms with Crippen molar-refractivity contribution in [3.8, 4) is 0 Å². The number of hydrogen-bond acceptors (Lipinski definition) is 1. The summed E-state index contributed by atoms with van der Waals surface area (Å²) >= 11 is 0. The molecule has 0 bridgehead atoms. The van der Waals surface area contributed by atoms with Gasteiger partial charge in [0.25, 0.3) is 0 Å². The van der Waals surface area contributed by atoms with Crippen molar-refractivity contribution in [2.24, 2.45) is 32.5 Å². The van der Waals surface area contributed by atoms with Crippen molar-refractivity contribution >= 4 is 5.57 Å². The van der Waals surface area contributed by atoms with E-state index < -0.39 is 6.10 Å². The molecule has 1 aromatic carbocycles. The Labute approximate surface area is 181 Å². The van der Waals surface area contributed by atoms with Crippen molar-refractivity contribution in [1.29, 1.82) is 0 Å². The molecule has 0 saturated carbocycles. The molecule has 0 radical (unpaired) electrons. The second kappa shape index (κ2) is 6.98. The van der Waals surface area contributed by atoms with Gasteiger partial charge in [0.1, 0.15) is 0 Å². The molecule has 1 aliphatic rings. The molecule has 1 aliphatic carbocycles. The minimum atomic E-state index is -0.511. The lowest BCUT2D eigenvalue weighted by Gasteiger charge is -2.67. The third kappa shape index (κ3) is 3.62. The van der Waals surface area contributed by atoms with Crippen LogP contribution in [0.25, 0.3) is 5.57 Å². The van der Waals surface area contributed by atoms with Gasteiger partial charge in [-0.3, -0.25) is 0 Å². The molecular formula is C28H46O. The van der Waals surface area contributed by atoms with Crippen LogP contribution in [0.1, 0.15) is 95.1 Å². The molecule has 164 valence electrons. The van der Waals surface area contributed by atoms with Gasteiger partial charge in [0.05, 0.1) is 6.10 Å². The minimum Gasteiger partial charge on any atom is -0.388 e. The Morgan fingerprint density at radius 1 is 0.690 bits per heavy atom. The summed E-state index contributed by atoms with van der Waals surface area (Å²) in [5, 5.41) is 12.1. The summed E-state index contributed by atoms with van der Waals surface area (Å²) in [5.74, 6) is 0. The Balaban J connectivity index is 3.03. The topological polar surface area (TPSA) is 20.2 Å². The predicted octanol–water partition coefficient (Wildman–Crippen LogP) is 7.99. The smallest absolute Gasteiger partial charge is 0.0859 e. The first-order valence-corrected chi connectivity index (χ1v) is 11.3. The molecule has 2 rings (SSSR count). The van der Waals surface area contributed by atoms with Crippen molar-refractivity contribution in [1.82, 2.24) is 0 Å². The van der Waals surface area contributed by atoms with Gasteiger partial charge in [-0.1, -0.05) is 119 Å². The quantitative estimate of drug-likeness (QED) is 0.508. The molecule has 0 amide bonds. The maximum absolute atomic E-state index is 12.1. The van der Waals surface area contributed by atoms with Gasteiger partial charge in [0, 0.05) is 5.41 Å². The van der Waals surface area contributed by atoms with Gasteiger partial charge >= 0.3 is 0 Å². The molecule has 1 atom stereocenters. The number of benzene rings is 1. The van der Waals surface area contributed by atoms with E-state index in [1.54, 1.807) is 0 Å². The number of hydrogen-bond donors (Lipinski definition) is 1. The van der Waals surface area contributed by atoms with Crippen molar-refractivity contribution in [3.63, 3.8) is 0 Å². The third-order valence-corrected chi connectivity index (χ3v) is 8.18. The summed E-state index contributed by atoms with van der Waals surface area (Å²) in [4.78, 5) is 0. The molecule has 1 nitrogen and oxygen atoms in total. The zero-order valence-electron chi connectivity index (χ0n) is 21.2. The fourth-order valence-corrected chi connectivity index (χ4v) is 6.63. The largest absolute Gasteiger partial charge is 0.388 e. The first-order valence-electron chi connectivity index (χ1n) is 11.3. The zero-order chi connectivity index (χ0) is 22.7. The predicted molar refractivity (Wildman–Crippen MR) is 128 cm³/mol. The van der Waals surface area contributed by atoms with Crippen LogP contribution < -0.4 is 0 Å². The van der Waals surface area contributed by atoms with Crippen LogP contribution in [-0.4, -0.2) is 11.2 Å². The summed E-state index contributed by atoms with van der Waals surface area (Å²) in [6.45, 7) is 28.2. The Morgan fingerprint density at radius 2 is 1.10 bits per heavy atom. The number of rotatable bonds is 1. The van der Waals surface area contributed by atoms with E-state index in [0.29, 0.717) is 0 Å². The number of aliphatic hydroxyl groups excluding tert-OH is 1. The van der Waals surface area contributed by atoms with Crippen LogP contribution >= 0.6 is 0 Å². The lowest BCUT2D eigenvalue weighted by atomic mass is 9.38. The summed E-state index contributed by atoms with van der Waals surface area (Å²) < 4.78 is 0. The zero-order valence-corrected chi connectivity index (χ0v) is 21.2. The minimum absolute atomic E-state index is 0.0488. The summed E-state index contributed by atoms with van der Waals surface area (Å²) in [7, 11) is 0. The molecule has 1 unspecified atom stereocenters. The summed E-state index contributed by atoms with van der Waals surface area (Å²) in [5.41, 5.74) is 1.87. The first-order chi connectivity index (χ1) is 12.8. The first kappa shape index (κ1) is 24.2. The standard InChI is InChI=1S/C28H46O/c1-23(2,3)27(24(4,5)6)18-21(20-16-14-13-15-17-20)22(29)28(19-27,25(7,8)9)26(10,11)12/h13-18,22,29H,19H2,1-12H3. The van der Waals surface area contributed by atoms with Crippen LogP contribution in [0, 0.1) is 32.5 Å². The van der Waals surface area contributed by atoms with Gasteiger partial charge < -0.3 is 5.11 Å². The van der Waals surface area contributed by atoms with E-state index in [-0.39, 0.29) is 32.5 Å². The molecule has 0 aromatic heterocycles. The Bertz CT molecular complexity index is 711. The van der Waals surface area contributed by atoms with Crippen molar-refractivity contribution in [2.75, 3.05) is 0 Å². The number of aliphatic hydroxyl groups is 1. The second-order valence-electron chi connectivity index (χ2n) is 13.5. The van der Waals surface area contributed by atoms with E-state index in [4.69, 9.17) is 0 Å². The van der Waals surface area contributed by atoms with Crippen LogP contribution in [0.4, 0.5) is 0 Å². The van der Waals surface area contributed by atoms with Gasteiger partial charge in [-0.05, 0) is 44.6 Å². The number of allylic oxidation sites excluding steroid dienone is 1. The highest BCUT2D eigenvalue weighted by Gasteiger charge is 2.65. The van der Waals surface area contributed by atoms with Crippen LogP contribution in [0.2, 0.25) is 0 Å². The highest BCUT2D eigenvalue weighted by atomic mass is 16.3. The molecule has 1 N–H and O–H groups in total. The molecule has 0 fully saturated rings. The van der Waals surface area contributed by atoms with Crippen molar-refractivity contribution < 1.29 is 5.11 Å². The van der Waals surface area contributed by atoms with Crippen LogP contribution in [-0.2, 0) is 0 Å². The summed E-state index contributed by atoms with van der Waals surface area (Å²) in [6, 6.07) is 10.5. The monoisotopic (exact) mass is 398 g/mol. The van der Waals surface area contributed by atoms with E-state index in [0.717, 1.165) is 17.6 Å². The lowest BCUT2D eigenvalue weighted by Crippen LogP contribution is -2.63. The molecule has 29 heavy (non-hydrogen) atoms. The normalized spacial score (nSPS) is 22.9. The van der Waals surface area contributed by atoms with Crippen molar-refractivity contribution in [2.45, 2.75) is 95.6 Å². The van der Waals surface area contributed by atoms with Crippen molar-refractivity contribution in [3.05, 3.63) is 42.0 Å². The lowest BCUT2D eigenvalue weighted by molar-refractivity contribution is -0.168. The van der Waals surface area contributed by atoms with Gasteiger partial charge in [-0.25, -0.2) is 0 Å². The fraction of sp³-hybridized carbons (Fsp3) is 0.714. The maximum Gasteiger partial charge on any atom is 0.0859 e. The molecular weight excluding hydrogens is 352 g/mol. The van der Waals surface area contributed by atoms with Gasteiger partial charge in [0.15, 0.2) is 0 Å². The Kier molecular flexibility index (Phi) is 5.82. The maximum atomic E-state index is 12.1. The molecule has 1 aromatic rings. The highest BCUT2D eigenvalue weighted by molar-refractivity contribution is 5.72. The SMILES string of the molecule is CC(C)(C)C1(C(C)(C)C)C=C(c2ccccc2)C(O)C(C(C)(C)C)(C(C)(C)C)C1.